The number of nitrogens with one attached hydrogen (secondary N) is 1. The number of halogens is 2. The Hall–Kier alpha value is -1.99. The lowest BCUT2D eigenvalue weighted by molar-refractivity contribution is 0.0739. The molecule has 27 heavy (non-hydrogen) atoms. The Labute approximate surface area is 164 Å². The van der Waals surface area contributed by atoms with E-state index in [0.717, 1.165) is 44.3 Å². The summed E-state index contributed by atoms with van der Waals surface area (Å²) in [6.45, 7) is 2.51. The van der Waals surface area contributed by atoms with Gasteiger partial charge in [0.05, 0.1) is 12.2 Å². The third kappa shape index (κ3) is 4.84. The van der Waals surface area contributed by atoms with Crippen molar-refractivity contribution in [2.75, 3.05) is 19.6 Å². The van der Waals surface area contributed by atoms with Crippen LogP contribution in [0, 0.1) is 5.82 Å². The van der Waals surface area contributed by atoms with Crippen LogP contribution in [0.25, 0.3) is 0 Å². The van der Waals surface area contributed by atoms with Gasteiger partial charge in [-0.25, -0.2) is 9.07 Å². The number of piperidine rings is 1. The van der Waals surface area contributed by atoms with E-state index in [4.69, 9.17) is 0 Å². The van der Waals surface area contributed by atoms with E-state index in [0.29, 0.717) is 24.7 Å². The Morgan fingerprint density at radius 3 is 2.74 bits per heavy atom. The summed E-state index contributed by atoms with van der Waals surface area (Å²) in [4.78, 5) is 14.8. The molecular weight excluding hydrogens is 369 g/mol. The fraction of sp³-hybridized carbons (Fsp3) is 0.526. The molecule has 1 N–H and O–H groups in total. The maximum atomic E-state index is 13.4. The fourth-order valence-corrected chi connectivity index (χ4v) is 3.55. The molecule has 2 aliphatic rings. The Morgan fingerprint density at radius 1 is 1.26 bits per heavy atom. The number of benzene rings is 1. The van der Waals surface area contributed by atoms with Crippen molar-refractivity contribution in [1.29, 1.82) is 0 Å². The smallest absolute Gasteiger partial charge is 0.276 e. The van der Waals surface area contributed by atoms with Gasteiger partial charge in [-0.3, -0.25) is 4.79 Å². The van der Waals surface area contributed by atoms with E-state index in [1.165, 1.54) is 12.1 Å². The van der Waals surface area contributed by atoms with Crippen molar-refractivity contribution < 1.29 is 9.18 Å². The minimum absolute atomic E-state index is 0. The normalized spacial score (nSPS) is 17.4. The average Bonchev–Trinajstić information content (AvgIpc) is 3.37. The van der Waals surface area contributed by atoms with Crippen molar-refractivity contribution in [3.05, 3.63) is 47.5 Å². The second-order valence-corrected chi connectivity index (χ2v) is 7.17. The molecule has 4 rings (SSSR count). The molecule has 6 nitrogen and oxygen atoms in total. The SMILES string of the molecule is Cl.O=C(c1cn(C2CCNCC2)nn1)N(CCc1cccc(F)c1)C1CC1. The van der Waals surface area contributed by atoms with Gasteiger partial charge in [-0.15, -0.1) is 17.5 Å². The summed E-state index contributed by atoms with van der Waals surface area (Å²) >= 11 is 0. The summed E-state index contributed by atoms with van der Waals surface area (Å²) in [7, 11) is 0. The van der Waals surface area contributed by atoms with Crippen LogP contribution in [0.4, 0.5) is 4.39 Å². The second-order valence-electron chi connectivity index (χ2n) is 7.17. The molecule has 1 saturated carbocycles. The highest BCUT2D eigenvalue weighted by Crippen LogP contribution is 2.28. The van der Waals surface area contributed by atoms with Gasteiger partial charge in [0, 0.05) is 12.6 Å². The van der Waals surface area contributed by atoms with E-state index in [1.807, 2.05) is 15.6 Å². The van der Waals surface area contributed by atoms with Crippen LogP contribution in [-0.2, 0) is 6.42 Å². The highest BCUT2D eigenvalue weighted by molar-refractivity contribution is 5.92. The molecule has 1 aliphatic carbocycles. The van der Waals surface area contributed by atoms with Crippen LogP contribution in [0.2, 0.25) is 0 Å². The third-order valence-corrected chi connectivity index (χ3v) is 5.19. The Morgan fingerprint density at radius 2 is 2.04 bits per heavy atom. The van der Waals surface area contributed by atoms with Crippen molar-refractivity contribution in [1.82, 2.24) is 25.2 Å². The lowest BCUT2D eigenvalue weighted by Gasteiger charge is -2.22. The molecule has 0 spiro atoms. The van der Waals surface area contributed by atoms with Crippen LogP contribution >= 0.6 is 12.4 Å². The first-order valence-corrected chi connectivity index (χ1v) is 9.38. The third-order valence-electron chi connectivity index (χ3n) is 5.19. The topological polar surface area (TPSA) is 63.1 Å². The van der Waals surface area contributed by atoms with Crippen LogP contribution < -0.4 is 5.32 Å². The zero-order valence-corrected chi connectivity index (χ0v) is 16.0. The van der Waals surface area contributed by atoms with Crippen LogP contribution in [0.15, 0.2) is 30.5 Å². The van der Waals surface area contributed by atoms with Crippen LogP contribution in [0.1, 0.15) is 47.8 Å². The molecule has 146 valence electrons. The van der Waals surface area contributed by atoms with E-state index in [9.17, 15) is 9.18 Å². The Kier molecular flexibility index (Phi) is 6.44. The molecule has 2 aromatic rings. The van der Waals surface area contributed by atoms with Crippen molar-refractivity contribution >= 4 is 18.3 Å². The van der Waals surface area contributed by atoms with Gasteiger partial charge in [-0.1, -0.05) is 17.3 Å². The number of hydrogen-bond donors (Lipinski definition) is 1. The quantitative estimate of drug-likeness (QED) is 0.819. The van der Waals surface area contributed by atoms with Crippen molar-refractivity contribution in [2.24, 2.45) is 0 Å². The molecule has 0 radical (unpaired) electrons. The molecule has 8 heteroatoms. The number of nitrogens with zero attached hydrogens (tertiary/aromatic N) is 4. The number of rotatable bonds is 6. The molecule has 0 unspecified atom stereocenters. The van der Waals surface area contributed by atoms with Gasteiger partial charge in [0.1, 0.15) is 5.82 Å². The minimum Gasteiger partial charge on any atom is -0.334 e. The zero-order valence-electron chi connectivity index (χ0n) is 15.2. The Bertz CT molecular complexity index is 773. The molecule has 1 aromatic carbocycles. The first-order valence-electron chi connectivity index (χ1n) is 9.38. The highest BCUT2D eigenvalue weighted by atomic mass is 35.5. The summed E-state index contributed by atoms with van der Waals surface area (Å²) in [5.74, 6) is -0.305. The van der Waals surface area contributed by atoms with Gasteiger partial charge < -0.3 is 10.2 Å². The second kappa shape index (κ2) is 8.80. The maximum absolute atomic E-state index is 13.4. The molecule has 2 heterocycles. The van der Waals surface area contributed by atoms with Crippen LogP contribution in [0.3, 0.4) is 0 Å². The largest absolute Gasteiger partial charge is 0.334 e. The molecule has 0 bridgehead atoms. The molecule has 1 amide bonds. The van der Waals surface area contributed by atoms with Crippen molar-refractivity contribution in [2.45, 2.75) is 44.2 Å². The molecular formula is C19H25ClFN5O. The first kappa shape index (κ1) is 19.8. The summed E-state index contributed by atoms with van der Waals surface area (Å²) in [6.07, 6.45) is 6.48. The number of aromatic nitrogens is 3. The van der Waals surface area contributed by atoms with Crippen molar-refractivity contribution in [3.63, 3.8) is 0 Å². The van der Waals surface area contributed by atoms with Crippen molar-refractivity contribution in [3.8, 4) is 0 Å². The van der Waals surface area contributed by atoms with Gasteiger partial charge in [0.25, 0.3) is 5.91 Å². The number of carbonyl (C=O) groups is 1. The Balaban J connectivity index is 0.00000210. The predicted octanol–water partition coefficient (Wildman–Crippen LogP) is 2.61. The lowest BCUT2D eigenvalue weighted by Crippen LogP contribution is -2.35. The van der Waals surface area contributed by atoms with E-state index in [1.54, 1.807) is 12.3 Å². The molecule has 1 aliphatic heterocycles. The van der Waals surface area contributed by atoms with Gasteiger partial charge in [0.2, 0.25) is 0 Å². The summed E-state index contributed by atoms with van der Waals surface area (Å²) in [6, 6.07) is 7.16. The fourth-order valence-electron chi connectivity index (χ4n) is 3.55. The van der Waals surface area contributed by atoms with E-state index in [2.05, 4.69) is 15.6 Å². The van der Waals surface area contributed by atoms with Gasteiger partial charge >= 0.3 is 0 Å². The van der Waals surface area contributed by atoms with E-state index in [-0.39, 0.29) is 30.2 Å². The molecule has 2 fully saturated rings. The van der Waals surface area contributed by atoms with Crippen LogP contribution in [-0.4, -0.2) is 51.5 Å². The lowest BCUT2D eigenvalue weighted by atomic mass is 10.1. The molecule has 1 saturated heterocycles. The molecule has 0 atom stereocenters. The number of carbonyl (C=O) groups excluding carboxylic acids is 1. The monoisotopic (exact) mass is 393 g/mol. The van der Waals surface area contributed by atoms with E-state index < -0.39 is 0 Å². The van der Waals surface area contributed by atoms with Gasteiger partial charge in [-0.2, -0.15) is 0 Å². The average molecular weight is 394 g/mol. The van der Waals surface area contributed by atoms with Gasteiger partial charge in [-0.05, 0) is 62.9 Å². The zero-order chi connectivity index (χ0) is 17.9. The number of hydrogen-bond acceptors (Lipinski definition) is 4. The summed E-state index contributed by atoms with van der Waals surface area (Å²) in [5, 5.41) is 11.7. The summed E-state index contributed by atoms with van der Waals surface area (Å²) in [5.41, 5.74) is 1.32. The molecule has 1 aromatic heterocycles. The first-order chi connectivity index (χ1) is 12.7. The summed E-state index contributed by atoms with van der Waals surface area (Å²) < 4.78 is 15.2. The van der Waals surface area contributed by atoms with Gasteiger partial charge in [0.15, 0.2) is 5.69 Å². The predicted molar refractivity (Wildman–Crippen MR) is 103 cm³/mol. The van der Waals surface area contributed by atoms with E-state index >= 15 is 0 Å². The highest BCUT2D eigenvalue weighted by Gasteiger charge is 2.34. The minimum atomic E-state index is -0.239. The number of amides is 1. The van der Waals surface area contributed by atoms with Crippen LogP contribution in [0.5, 0.6) is 0 Å². The maximum Gasteiger partial charge on any atom is 0.276 e. The standard InChI is InChI=1S/C19H24FN5O.ClH/c20-15-3-1-2-14(12-15)8-11-24(16-4-5-16)19(26)18-13-25(23-22-18)17-6-9-21-10-7-17;/h1-3,12-13,16-17,21H,4-11H2;1H.